The van der Waals surface area contributed by atoms with Crippen molar-refractivity contribution in [3.8, 4) is 0 Å². The molecule has 1 atom stereocenters. The summed E-state index contributed by atoms with van der Waals surface area (Å²) in [6, 6.07) is 0.165. The lowest BCUT2D eigenvalue weighted by Crippen LogP contribution is -2.37. The molecule has 15 heavy (non-hydrogen) atoms. The van der Waals surface area contributed by atoms with E-state index in [0.717, 1.165) is 5.90 Å². The van der Waals surface area contributed by atoms with Gasteiger partial charge in [0, 0.05) is 13.0 Å². The second-order valence-electron chi connectivity index (χ2n) is 5.08. The highest BCUT2D eigenvalue weighted by atomic mass is 16.5. The Labute approximate surface area is 91.9 Å². The molecule has 0 spiro atoms. The van der Waals surface area contributed by atoms with Crippen LogP contribution >= 0.6 is 0 Å². The summed E-state index contributed by atoms with van der Waals surface area (Å²) in [6.07, 6.45) is 5.15. The Morgan fingerprint density at radius 3 is 2.60 bits per heavy atom. The van der Waals surface area contributed by atoms with Crippen LogP contribution in [0.1, 0.15) is 39.5 Å². The van der Waals surface area contributed by atoms with Crippen molar-refractivity contribution in [2.75, 3.05) is 13.7 Å². The van der Waals surface area contributed by atoms with Crippen LogP contribution in [0.25, 0.3) is 0 Å². The molecule has 1 aliphatic carbocycles. The highest BCUT2D eigenvalue weighted by Gasteiger charge is 2.36. The van der Waals surface area contributed by atoms with Gasteiger partial charge >= 0.3 is 0 Å². The second kappa shape index (κ2) is 4.12. The van der Waals surface area contributed by atoms with Crippen molar-refractivity contribution in [2.24, 2.45) is 10.9 Å². The van der Waals surface area contributed by atoms with Gasteiger partial charge < -0.3 is 9.47 Å². The summed E-state index contributed by atoms with van der Waals surface area (Å²) < 4.78 is 11.2. The minimum Gasteiger partial charge on any atom is -0.478 e. The molecule has 1 aliphatic heterocycles. The maximum absolute atomic E-state index is 5.71. The Kier molecular flexibility index (Phi) is 3.01. The number of methoxy groups -OCH3 is 1. The maximum Gasteiger partial charge on any atom is 0.186 e. The molecule has 0 aromatic carbocycles. The van der Waals surface area contributed by atoms with Gasteiger partial charge in [-0.2, -0.15) is 0 Å². The quantitative estimate of drug-likeness (QED) is 0.717. The van der Waals surface area contributed by atoms with Gasteiger partial charge in [-0.25, -0.2) is 4.99 Å². The molecule has 1 heterocycles. The Morgan fingerprint density at radius 1 is 1.33 bits per heavy atom. The van der Waals surface area contributed by atoms with Crippen LogP contribution in [0.4, 0.5) is 0 Å². The average molecular weight is 211 g/mol. The van der Waals surface area contributed by atoms with Crippen LogP contribution in [0, 0.1) is 5.92 Å². The van der Waals surface area contributed by atoms with E-state index in [4.69, 9.17) is 9.47 Å². The van der Waals surface area contributed by atoms with Crippen molar-refractivity contribution < 1.29 is 9.47 Å². The fraction of sp³-hybridized carbons (Fsp3) is 0.917. The van der Waals surface area contributed by atoms with Gasteiger partial charge in [0.25, 0.3) is 0 Å². The first-order valence-electron chi connectivity index (χ1n) is 5.89. The maximum atomic E-state index is 5.71. The van der Waals surface area contributed by atoms with Crippen molar-refractivity contribution in [3.05, 3.63) is 0 Å². The van der Waals surface area contributed by atoms with Gasteiger partial charge in [0.2, 0.25) is 0 Å². The molecular weight excluding hydrogens is 190 g/mol. The van der Waals surface area contributed by atoms with Crippen molar-refractivity contribution in [2.45, 2.75) is 51.2 Å². The summed E-state index contributed by atoms with van der Waals surface area (Å²) in [5.41, 5.74) is -0.208. The first kappa shape index (κ1) is 10.9. The molecule has 1 saturated carbocycles. The van der Waals surface area contributed by atoms with E-state index >= 15 is 0 Å². The first-order chi connectivity index (χ1) is 7.13. The molecule has 0 radical (unpaired) electrons. The SMILES string of the molecule is COC(C)(C)[C@@H]1COC(C2CCCC2)=N1. The van der Waals surface area contributed by atoms with E-state index in [-0.39, 0.29) is 11.6 Å². The van der Waals surface area contributed by atoms with Gasteiger partial charge in [0.1, 0.15) is 12.6 Å². The van der Waals surface area contributed by atoms with Crippen LogP contribution in [0.3, 0.4) is 0 Å². The average Bonchev–Trinajstić information content (AvgIpc) is 2.88. The Morgan fingerprint density at radius 2 is 2.00 bits per heavy atom. The molecule has 2 aliphatic rings. The number of rotatable bonds is 3. The lowest BCUT2D eigenvalue weighted by molar-refractivity contribution is -0.00444. The molecule has 0 aromatic heterocycles. The molecule has 1 fully saturated rings. The zero-order valence-electron chi connectivity index (χ0n) is 9.95. The Hall–Kier alpha value is -0.570. The smallest absolute Gasteiger partial charge is 0.186 e. The molecular formula is C12H21NO2. The van der Waals surface area contributed by atoms with Gasteiger partial charge in [-0.3, -0.25) is 0 Å². The van der Waals surface area contributed by atoms with Crippen LogP contribution in [0.15, 0.2) is 4.99 Å². The second-order valence-corrected chi connectivity index (χ2v) is 5.08. The number of aliphatic imine (C=N–C) groups is 1. The molecule has 0 amide bonds. The summed E-state index contributed by atoms with van der Waals surface area (Å²) in [6.45, 7) is 4.83. The van der Waals surface area contributed by atoms with Crippen molar-refractivity contribution in [3.63, 3.8) is 0 Å². The van der Waals surface area contributed by atoms with Gasteiger partial charge in [0.15, 0.2) is 5.90 Å². The molecule has 0 bridgehead atoms. The Bertz CT molecular complexity index is 254. The lowest BCUT2D eigenvalue weighted by atomic mass is 10.0. The monoisotopic (exact) mass is 211 g/mol. The number of hydrogen-bond acceptors (Lipinski definition) is 3. The van der Waals surface area contributed by atoms with Crippen molar-refractivity contribution in [1.82, 2.24) is 0 Å². The number of hydrogen-bond donors (Lipinski definition) is 0. The van der Waals surface area contributed by atoms with E-state index < -0.39 is 0 Å². The van der Waals surface area contributed by atoms with E-state index in [1.165, 1.54) is 25.7 Å². The number of ether oxygens (including phenoxy) is 2. The summed E-state index contributed by atoms with van der Waals surface area (Å²) in [5.74, 6) is 1.57. The zero-order chi connectivity index (χ0) is 10.9. The fourth-order valence-electron chi connectivity index (χ4n) is 2.28. The normalized spacial score (nSPS) is 27.9. The van der Waals surface area contributed by atoms with Gasteiger partial charge in [0.05, 0.1) is 5.60 Å². The molecule has 0 unspecified atom stereocenters. The highest BCUT2D eigenvalue weighted by Crippen LogP contribution is 2.31. The predicted octanol–water partition coefficient (Wildman–Crippen LogP) is 2.40. The topological polar surface area (TPSA) is 30.8 Å². The van der Waals surface area contributed by atoms with E-state index in [0.29, 0.717) is 12.5 Å². The molecule has 0 saturated heterocycles. The third-order valence-corrected chi connectivity index (χ3v) is 3.71. The predicted molar refractivity (Wildman–Crippen MR) is 60.2 cm³/mol. The van der Waals surface area contributed by atoms with Crippen LogP contribution in [-0.4, -0.2) is 31.3 Å². The molecule has 0 N–H and O–H groups in total. The van der Waals surface area contributed by atoms with Crippen LogP contribution in [0.2, 0.25) is 0 Å². The van der Waals surface area contributed by atoms with Gasteiger partial charge in [-0.05, 0) is 26.7 Å². The van der Waals surface area contributed by atoms with Crippen LogP contribution in [-0.2, 0) is 9.47 Å². The van der Waals surface area contributed by atoms with Gasteiger partial charge in [-0.15, -0.1) is 0 Å². The van der Waals surface area contributed by atoms with E-state index in [1.54, 1.807) is 7.11 Å². The first-order valence-corrected chi connectivity index (χ1v) is 5.89. The minimum atomic E-state index is -0.208. The molecule has 0 aromatic rings. The van der Waals surface area contributed by atoms with Crippen LogP contribution in [0.5, 0.6) is 0 Å². The van der Waals surface area contributed by atoms with Gasteiger partial charge in [-0.1, -0.05) is 12.8 Å². The lowest BCUT2D eigenvalue weighted by Gasteiger charge is -2.26. The van der Waals surface area contributed by atoms with Crippen molar-refractivity contribution >= 4 is 5.90 Å². The fourth-order valence-corrected chi connectivity index (χ4v) is 2.28. The third-order valence-electron chi connectivity index (χ3n) is 3.71. The van der Waals surface area contributed by atoms with Crippen LogP contribution < -0.4 is 0 Å². The Balaban J connectivity index is 2.02. The molecule has 3 heteroatoms. The van der Waals surface area contributed by atoms with E-state index in [1.807, 2.05) is 0 Å². The summed E-state index contributed by atoms with van der Waals surface area (Å²) >= 11 is 0. The molecule has 2 rings (SSSR count). The summed E-state index contributed by atoms with van der Waals surface area (Å²) in [4.78, 5) is 4.68. The largest absolute Gasteiger partial charge is 0.478 e. The molecule has 3 nitrogen and oxygen atoms in total. The van der Waals surface area contributed by atoms with Crippen molar-refractivity contribution in [1.29, 1.82) is 0 Å². The third kappa shape index (κ3) is 2.17. The minimum absolute atomic E-state index is 0.165. The highest BCUT2D eigenvalue weighted by molar-refractivity contribution is 5.80. The van der Waals surface area contributed by atoms with E-state index in [2.05, 4.69) is 18.8 Å². The molecule has 86 valence electrons. The summed E-state index contributed by atoms with van der Waals surface area (Å²) in [7, 11) is 1.74. The summed E-state index contributed by atoms with van der Waals surface area (Å²) in [5, 5.41) is 0. The number of nitrogens with zero attached hydrogens (tertiary/aromatic N) is 1. The van der Waals surface area contributed by atoms with E-state index in [9.17, 15) is 0 Å². The standard InChI is InChI=1S/C12H21NO2/c1-12(2,14-3)10-8-15-11(13-10)9-6-4-5-7-9/h9-10H,4-8H2,1-3H3/t10-/m0/s1. The zero-order valence-corrected chi connectivity index (χ0v) is 9.95.